The SMILES string of the molecule is Cc1ccc(-c2nc(CC(=O)NCC3CC3)cs2)o1. The minimum absolute atomic E-state index is 0.0550. The molecule has 3 rings (SSSR count). The van der Waals surface area contributed by atoms with E-state index in [1.54, 1.807) is 0 Å². The molecule has 100 valence electrons. The lowest BCUT2D eigenvalue weighted by atomic mass is 10.3. The molecule has 19 heavy (non-hydrogen) atoms. The van der Waals surface area contributed by atoms with Gasteiger partial charge in [-0.3, -0.25) is 4.79 Å². The van der Waals surface area contributed by atoms with E-state index in [1.165, 1.54) is 24.2 Å². The highest BCUT2D eigenvalue weighted by atomic mass is 32.1. The van der Waals surface area contributed by atoms with E-state index in [4.69, 9.17) is 4.42 Å². The molecule has 1 aliphatic carbocycles. The highest BCUT2D eigenvalue weighted by molar-refractivity contribution is 7.13. The van der Waals surface area contributed by atoms with Crippen LogP contribution in [-0.4, -0.2) is 17.4 Å². The van der Waals surface area contributed by atoms with E-state index in [9.17, 15) is 4.79 Å². The number of hydrogen-bond donors (Lipinski definition) is 1. The third kappa shape index (κ3) is 3.23. The Morgan fingerprint density at radius 2 is 2.37 bits per heavy atom. The molecule has 0 spiro atoms. The molecule has 0 unspecified atom stereocenters. The monoisotopic (exact) mass is 276 g/mol. The molecule has 0 saturated heterocycles. The number of furan rings is 1. The van der Waals surface area contributed by atoms with Crippen LogP contribution < -0.4 is 5.32 Å². The number of nitrogens with one attached hydrogen (secondary N) is 1. The first kappa shape index (κ1) is 12.4. The summed E-state index contributed by atoms with van der Waals surface area (Å²) in [7, 11) is 0. The average Bonchev–Trinajstić information content (AvgIpc) is 2.94. The van der Waals surface area contributed by atoms with Crippen LogP contribution in [0.3, 0.4) is 0 Å². The Balaban J connectivity index is 1.59. The Morgan fingerprint density at radius 1 is 1.53 bits per heavy atom. The highest BCUT2D eigenvalue weighted by Gasteiger charge is 2.21. The molecule has 1 fully saturated rings. The average molecular weight is 276 g/mol. The van der Waals surface area contributed by atoms with Crippen molar-refractivity contribution in [3.05, 3.63) is 29.0 Å². The van der Waals surface area contributed by atoms with Crippen LogP contribution in [0, 0.1) is 12.8 Å². The Kier molecular flexibility index (Phi) is 3.38. The van der Waals surface area contributed by atoms with Crippen molar-refractivity contribution in [3.8, 4) is 10.8 Å². The fourth-order valence-corrected chi connectivity index (χ4v) is 2.64. The van der Waals surface area contributed by atoms with Crippen molar-refractivity contribution >= 4 is 17.2 Å². The summed E-state index contributed by atoms with van der Waals surface area (Å²) in [5.74, 6) is 2.40. The molecule has 0 radical (unpaired) electrons. The van der Waals surface area contributed by atoms with Gasteiger partial charge in [0.05, 0.1) is 12.1 Å². The van der Waals surface area contributed by atoms with E-state index in [2.05, 4.69) is 10.3 Å². The van der Waals surface area contributed by atoms with E-state index in [0.29, 0.717) is 12.3 Å². The fourth-order valence-electron chi connectivity index (χ4n) is 1.86. The zero-order valence-corrected chi connectivity index (χ0v) is 11.6. The summed E-state index contributed by atoms with van der Waals surface area (Å²) in [6.07, 6.45) is 2.85. The predicted octanol–water partition coefficient (Wildman–Crippen LogP) is 2.78. The molecule has 2 aromatic heterocycles. The van der Waals surface area contributed by atoms with E-state index in [-0.39, 0.29) is 5.91 Å². The first-order chi connectivity index (χ1) is 9.20. The fraction of sp³-hybridized carbons (Fsp3) is 0.429. The molecule has 4 nitrogen and oxygen atoms in total. The number of nitrogens with zero attached hydrogens (tertiary/aromatic N) is 1. The molecule has 5 heteroatoms. The molecule has 0 bridgehead atoms. The van der Waals surface area contributed by atoms with Gasteiger partial charge >= 0.3 is 0 Å². The van der Waals surface area contributed by atoms with Gasteiger partial charge in [-0.05, 0) is 37.8 Å². The van der Waals surface area contributed by atoms with Crippen LogP contribution >= 0.6 is 11.3 Å². The van der Waals surface area contributed by atoms with Crippen LogP contribution in [0.15, 0.2) is 21.9 Å². The summed E-state index contributed by atoms with van der Waals surface area (Å²) >= 11 is 1.51. The maximum absolute atomic E-state index is 11.7. The van der Waals surface area contributed by atoms with Gasteiger partial charge in [0, 0.05) is 11.9 Å². The first-order valence-electron chi connectivity index (χ1n) is 6.48. The van der Waals surface area contributed by atoms with E-state index in [0.717, 1.165) is 28.8 Å². The summed E-state index contributed by atoms with van der Waals surface area (Å²) in [4.78, 5) is 16.2. The van der Waals surface area contributed by atoms with Gasteiger partial charge in [0.1, 0.15) is 5.76 Å². The Labute approximate surface area is 115 Å². The van der Waals surface area contributed by atoms with E-state index in [1.807, 2.05) is 24.4 Å². The minimum Gasteiger partial charge on any atom is -0.459 e. The maximum atomic E-state index is 11.7. The van der Waals surface area contributed by atoms with E-state index < -0.39 is 0 Å². The number of aryl methyl sites for hydroxylation is 1. The summed E-state index contributed by atoms with van der Waals surface area (Å²) in [6.45, 7) is 2.72. The summed E-state index contributed by atoms with van der Waals surface area (Å²) in [5.41, 5.74) is 0.808. The first-order valence-corrected chi connectivity index (χ1v) is 7.36. The van der Waals surface area contributed by atoms with Gasteiger partial charge in [-0.2, -0.15) is 0 Å². The lowest BCUT2D eigenvalue weighted by Crippen LogP contribution is -2.27. The quantitative estimate of drug-likeness (QED) is 0.913. The number of rotatable bonds is 5. The van der Waals surface area contributed by atoms with E-state index >= 15 is 0 Å². The number of hydrogen-bond acceptors (Lipinski definition) is 4. The molecule has 1 saturated carbocycles. The lowest BCUT2D eigenvalue weighted by Gasteiger charge is -2.01. The van der Waals surface area contributed by atoms with Crippen molar-refractivity contribution in [2.75, 3.05) is 6.54 Å². The molecule has 0 atom stereocenters. The molecule has 1 aliphatic rings. The second-order valence-corrected chi connectivity index (χ2v) is 5.84. The summed E-state index contributed by atoms with van der Waals surface area (Å²) in [5, 5.41) is 5.70. The van der Waals surface area contributed by atoms with Crippen LogP contribution in [0.25, 0.3) is 10.8 Å². The number of carbonyl (C=O) groups excluding carboxylic acids is 1. The van der Waals surface area contributed by atoms with Crippen LogP contribution in [0.2, 0.25) is 0 Å². The highest BCUT2D eigenvalue weighted by Crippen LogP contribution is 2.28. The normalized spacial score (nSPS) is 14.6. The Morgan fingerprint density at radius 3 is 3.05 bits per heavy atom. The molecule has 2 heterocycles. The van der Waals surface area contributed by atoms with Crippen LogP contribution in [0.4, 0.5) is 0 Å². The minimum atomic E-state index is 0.0550. The van der Waals surface area contributed by atoms with Crippen LogP contribution in [0.5, 0.6) is 0 Å². The molecular weight excluding hydrogens is 260 g/mol. The van der Waals surface area contributed by atoms with Crippen molar-refractivity contribution in [3.63, 3.8) is 0 Å². The van der Waals surface area contributed by atoms with Gasteiger partial charge in [0.25, 0.3) is 0 Å². The second kappa shape index (κ2) is 5.17. The van der Waals surface area contributed by atoms with Crippen LogP contribution in [0.1, 0.15) is 24.3 Å². The van der Waals surface area contributed by atoms with Gasteiger partial charge in [-0.15, -0.1) is 11.3 Å². The lowest BCUT2D eigenvalue weighted by molar-refractivity contribution is -0.120. The van der Waals surface area contributed by atoms with Crippen molar-refractivity contribution in [1.82, 2.24) is 10.3 Å². The van der Waals surface area contributed by atoms with Crippen molar-refractivity contribution < 1.29 is 9.21 Å². The zero-order chi connectivity index (χ0) is 13.2. The molecule has 2 aromatic rings. The van der Waals surface area contributed by atoms with Gasteiger partial charge in [0.15, 0.2) is 10.8 Å². The van der Waals surface area contributed by atoms with Crippen molar-refractivity contribution in [2.24, 2.45) is 5.92 Å². The smallest absolute Gasteiger partial charge is 0.226 e. The van der Waals surface area contributed by atoms with Gasteiger partial charge in [0.2, 0.25) is 5.91 Å². The maximum Gasteiger partial charge on any atom is 0.226 e. The number of carbonyl (C=O) groups is 1. The number of amides is 1. The topological polar surface area (TPSA) is 55.1 Å². The summed E-state index contributed by atoms with van der Waals surface area (Å²) in [6, 6.07) is 3.82. The molecule has 0 aromatic carbocycles. The van der Waals surface area contributed by atoms with Crippen LogP contribution in [-0.2, 0) is 11.2 Å². The number of aromatic nitrogens is 1. The predicted molar refractivity (Wildman–Crippen MR) is 74.0 cm³/mol. The van der Waals surface area contributed by atoms with Crippen molar-refractivity contribution in [1.29, 1.82) is 0 Å². The Hall–Kier alpha value is -1.62. The van der Waals surface area contributed by atoms with Crippen molar-refractivity contribution in [2.45, 2.75) is 26.2 Å². The largest absolute Gasteiger partial charge is 0.459 e. The zero-order valence-electron chi connectivity index (χ0n) is 10.8. The Bertz CT molecular complexity index is 584. The molecule has 0 aliphatic heterocycles. The number of thiazole rings is 1. The second-order valence-electron chi connectivity index (χ2n) is 4.98. The third-order valence-electron chi connectivity index (χ3n) is 3.13. The molecule has 1 amide bonds. The van der Waals surface area contributed by atoms with Gasteiger partial charge in [-0.25, -0.2) is 4.98 Å². The standard InChI is InChI=1S/C14H16N2O2S/c1-9-2-5-12(18-9)14-16-11(8-19-14)6-13(17)15-7-10-3-4-10/h2,5,8,10H,3-4,6-7H2,1H3,(H,15,17). The molecular formula is C14H16N2O2S. The van der Waals surface area contributed by atoms with Gasteiger partial charge in [-0.1, -0.05) is 0 Å². The summed E-state index contributed by atoms with van der Waals surface area (Å²) < 4.78 is 5.52. The third-order valence-corrected chi connectivity index (χ3v) is 4.04. The molecule has 1 N–H and O–H groups in total. The van der Waals surface area contributed by atoms with Gasteiger partial charge < -0.3 is 9.73 Å².